The molecule has 0 unspecified atom stereocenters. The number of aryl methyl sites for hydroxylation is 1. The second-order valence-electron chi connectivity index (χ2n) is 3.97. The molecule has 0 atom stereocenters. The van der Waals surface area contributed by atoms with Gasteiger partial charge < -0.3 is 15.2 Å². The summed E-state index contributed by atoms with van der Waals surface area (Å²) in [6.07, 6.45) is 1.52. The van der Waals surface area contributed by atoms with E-state index in [0.717, 1.165) is 12.4 Å². The van der Waals surface area contributed by atoms with Crippen LogP contribution in [0.2, 0.25) is 0 Å². The van der Waals surface area contributed by atoms with Gasteiger partial charge in [0.15, 0.2) is 0 Å². The Morgan fingerprint density at radius 3 is 2.67 bits per heavy atom. The third-order valence-electron chi connectivity index (χ3n) is 2.60. The molecular weight excluding hydrogens is 230 g/mol. The van der Waals surface area contributed by atoms with Crippen molar-refractivity contribution in [2.75, 3.05) is 23.7 Å². The number of pyridine rings is 1. The lowest BCUT2D eigenvalue weighted by Crippen LogP contribution is -2.19. The number of fused-ring (bicyclic) bond motifs is 1. The van der Waals surface area contributed by atoms with E-state index in [1.165, 1.54) is 10.9 Å². The van der Waals surface area contributed by atoms with Gasteiger partial charge >= 0.3 is 0 Å². The molecule has 0 aromatic carbocycles. The van der Waals surface area contributed by atoms with Crippen LogP contribution in [0.3, 0.4) is 0 Å². The maximum atomic E-state index is 12.1. The number of nitrogens with one attached hydrogen (secondary N) is 2. The maximum absolute atomic E-state index is 12.1. The van der Waals surface area contributed by atoms with Crippen LogP contribution in [-0.2, 0) is 7.05 Å². The molecule has 2 aromatic heterocycles. The number of hydrogen-bond acceptors (Lipinski definition) is 5. The van der Waals surface area contributed by atoms with Crippen molar-refractivity contribution in [3.63, 3.8) is 0 Å². The van der Waals surface area contributed by atoms with Crippen molar-refractivity contribution < 1.29 is 0 Å². The highest BCUT2D eigenvalue weighted by atomic mass is 16.1. The smallest absolute Gasteiger partial charge is 0.264 e. The lowest BCUT2D eigenvalue weighted by Gasteiger charge is -2.10. The molecule has 2 aromatic rings. The lowest BCUT2D eigenvalue weighted by molar-refractivity contribution is 0.842. The van der Waals surface area contributed by atoms with Crippen LogP contribution in [-0.4, -0.2) is 27.6 Å². The molecule has 0 radical (unpaired) electrons. The zero-order valence-electron chi connectivity index (χ0n) is 10.8. The van der Waals surface area contributed by atoms with Gasteiger partial charge in [-0.3, -0.25) is 4.79 Å². The molecule has 96 valence electrons. The number of hydrogen-bond donors (Lipinski definition) is 2. The second-order valence-corrected chi connectivity index (χ2v) is 3.97. The summed E-state index contributed by atoms with van der Waals surface area (Å²) < 4.78 is 1.46. The van der Waals surface area contributed by atoms with Gasteiger partial charge in [-0.25, -0.2) is 9.97 Å². The molecule has 0 amide bonds. The van der Waals surface area contributed by atoms with Gasteiger partial charge in [0, 0.05) is 26.2 Å². The first kappa shape index (κ1) is 12.3. The molecule has 0 fully saturated rings. The predicted molar refractivity (Wildman–Crippen MR) is 73.1 cm³/mol. The SMILES string of the molecule is CCNc1cc2ncn(C)c(=O)c2c(NCC)n1. The molecule has 6 heteroatoms. The van der Waals surface area contributed by atoms with Crippen molar-refractivity contribution in [1.82, 2.24) is 14.5 Å². The minimum absolute atomic E-state index is 0.0912. The summed E-state index contributed by atoms with van der Waals surface area (Å²) in [7, 11) is 1.68. The fourth-order valence-corrected chi connectivity index (χ4v) is 1.79. The van der Waals surface area contributed by atoms with Crippen LogP contribution in [0.4, 0.5) is 11.6 Å². The van der Waals surface area contributed by atoms with Gasteiger partial charge in [0.25, 0.3) is 5.56 Å². The maximum Gasteiger partial charge on any atom is 0.264 e. The Kier molecular flexibility index (Phi) is 3.45. The van der Waals surface area contributed by atoms with Crippen molar-refractivity contribution >= 4 is 22.5 Å². The molecule has 0 aliphatic rings. The number of aromatic nitrogens is 3. The van der Waals surface area contributed by atoms with E-state index in [0.29, 0.717) is 23.3 Å². The molecule has 18 heavy (non-hydrogen) atoms. The Balaban J connectivity index is 2.73. The van der Waals surface area contributed by atoms with Gasteiger partial charge in [-0.05, 0) is 13.8 Å². The van der Waals surface area contributed by atoms with E-state index in [9.17, 15) is 4.79 Å². The van der Waals surface area contributed by atoms with Crippen LogP contribution in [0, 0.1) is 0 Å². The van der Waals surface area contributed by atoms with Gasteiger partial charge in [0.2, 0.25) is 0 Å². The van der Waals surface area contributed by atoms with E-state index in [4.69, 9.17) is 0 Å². The van der Waals surface area contributed by atoms with Crippen molar-refractivity contribution in [1.29, 1.82) is 0 Å². The monoisotopic (exact) mass is 247 g/mol. The first-order valence-electron chi connectivity index (χ1n) is 6.01. The van der Waals surface area contributed by atoms with E-state index in [2.05, 4.69) is 20.6 Å². The third kappa shape index (κ3) is 2.13. The van der Waals surface area contributed by atoms with Gasteiger partial charge in [-0.2, -0.15) is 0 Å². The Labute approximate surface area is 105 Å². The summed E-state index contributed by atoms with van der Waals surface area (Å²) in [5.74, 6) is 1.31. The van der Waals surface area contributed by atoms with E-state index in [1.54, 1.807) is 13.1 Å². The van der Waals surface area contributed by atoms with Crippen LogP contribution >= 0.6 is 0 Å². The Morgan fingerprint density at radius 1 is 1.28 bits per heavy atom. The van der Waals surface area contributed by atoms with Crippen molar-refractivity contribution in [3.8, 4) is 0 Å². The Hall–Kier alpha value is -2.11. The molecule has 0 saturated carbocycles. The van der Waals surface area contributed by atoms with E-state index < -0.39 is 0 Å². The minimum Gasteiger partial charge on any atom is -0.370 e. The van der Waals surface area contributed by atoms with Gasteiger partial charge in [0.1, 0.15) is 17.0 Å². The average molecular weight is 247 g/mol. The first-order valence-corrected chi connectivity index (χ1v) is 6.01. The highest BCUT2D eigenvalue weighted by Crippen LogP contribution is 2.19. The van der Waals surface area contributed by atoms with Gasteiger partial charge in [-0.15, -0.1) is 0 Å². The molecule has 2 rings (SSSR count). The molecule has 0 aliphatic carbocycles. The van der Waals surface area contributed by atoms with Crippen LogP contribution < -0.4 is 16.2 Å². The topological polar surface area (TPSA) is 71.8 Å². The van der Waals surface area contributed by atoms with Crippen LogP contribution in [0.25, 0.3) is 10.9 Å². The van der Waals surface area contributed by atoms with E-state index in [1.807, 2.05) is 13.8 Å². The molecule has 0 bridgehead atoms. The van der Waals surface area contributed by atoms with E-state index >= 15 is 0 Å². The van der Waals surface area contributed by atoms with Crippen molar-refractivity contribution in [2.24, 2.45) is 7.05 Å². The highest BCUT2D eigenvalue weighted by molar-refractivity contribution is 5.90. The van der Waals surface area contributed by atoms with Crippen LogP contribution in [0.15, 0.2) is 17.2 Å². The fourth-order valence-electron chi connectivity index (χ4n) is 1.79. The van der Waals surface area contributed by atoms with Crippen molar-refractivity contribution in [2.45, 2.75) is 13.8 Å². The standard InChI is InChI=1S/C12H17N5O/c1-4-13-9-6-8-10(11(16-9)14-5-2)12(18)17(3)7-15-8/h6-7H,4-5H2,1-3H3,(H2,13,14,16). The summed E-state index contributed by atoms with van der Waals surface area (Å²) in [6.45, 7) is 5.44. The molecular formula is C12H17N5O. The first-order chi connectivity index (χ1) is 8.67. The van der Waals surface area contributed by atoms with Gasteiger partial charge in [-0.1, -0.05) is 0 Å². The number of rotatable bonds is 4. The van der Waals surface area contributed by atoms with Gasteiger partial charge in [0.05, 0.1) is 11.8 Å². The Morgan fingerprint density at radius 2 is 2.00 bits per heavy atom. The summed E-state index contributed by atoms with van der Waals surface area (Å²) in [6, 6.07) is 1.79. The largest absolute Gasteiger partial charge is 0.370 e. The van der Waals surface area contributed by atoms with E-state index in [-0.39, 0.29) is 5.56 Å². The van der Waals surface area contributed by atoms with Crippen LogP contribution in [0.5, 0.6) is 0 Å². The lowest BCUT2D eigenvalue weighted by atomic mass is 10.2. The molecule has 0 aliphatic heterocycles. The Bertz CT molecular complexity index is 620. The fraction of sp³-hybridized carbons (Fsp3) is 0.417. The molecule has 0 saturated heterocycles. The molecule has 6 nitrogen and oxygen atoms in total. The zero-order valence-corrected chi connectivity index (χ0v) is 10.8. The molecule has 2 heterocycles. The van der Waals surface area contributed by atoms with Crippen molar-refractivity contribution in [3.05, 3.63) is 22.7 Å². The number of anilines is 2. The molecule has 2 N–H and O–H groups in total. The summed E-state index contributed by atoms with van der Waals surface area (Å²) in [4.78, 5) is 20.8. The predicted octanol–water partition coefficient (Wildman–Crippen LogP) is 1.19. The molecule has 0 spiro atoms. The summed E-state index contributed by atoms with van der Waals surface area (Å²) in [5.41, 5.74) is 0.562. The quantitative estimate of drug-likeness (QED) is 0.849. The highest BCUT2D eigenvalue weighted by Gasteiger charge is 2.10. The summed E-state index contributed by atoms with van der Waals surface area (Å²) in [5, 5.41) is 6.78. The zero-order chi connectivity index (χ0) is 13.1. The van der Waals surface area contributed by atoms with Crippen LogP contribution in [0.1, 0.15) is 13.8 Å². The normalized spacial score (nSPS) is 10.6. The number of nitrogens with zero attached hydrogens (tertiary/aromatic N) is 3. The minimum atomic E-state index is -0.0912. The second kappa shape index (κ2) is 5.03. The average Bonchev–Trinajstić information content (AvgIpc) is 2.34. The summed E-state index contributed by atoms with van der Waals surface area (Å²) >= 11 is 0. The third-order valence-corrected chi connectivity index (χ3v) is 2.60.